The number of hydrogen-bond donors (Lipinski definition) is 7. The smallest absolute Gasteiger partial charge is 0.303 e. The van der Waals surface area contributed by atoms with Crippen molar-refractivity contribution in [3.8, 4) is 0 Å². The van der Waals surface area contributed by atoms with E-state index in [4.69, 9.17) is 21.1 Å². The summed E-state index contributed by atoms with van der Waals surface area (Å²) in [7, 11) is 0. The van der Waals surface area contributed by atoms with Crippen molar-refractivity contribution in [2.75, 3.05) is 59.1 Å². The fourth-order valence-electron chi connectivity index (χ4n) is 2.59. The molecule has 170 valence electrons. The first-order chi connectivity index (χ1) is 13.7. The highest BCUT2D eigenvalue weighted by Gasteiger charge is 2.26. The van der Waals surface area contributed by atoms with E-state index in [1.807, 2.05) is 0 Å². The van der Waals surface area contributed by atoms with Crippen molar-refractivity contribution in [3.05, 3.63) is 0 Å². The summed E-state index contributed by atoms with van der Waals surface area (Å²) in [6.45, 7) is -2.56. The number of primary amides is 1. The molecule has 0 saturated heterocycles. The molecule has 0 saturated carbocycles. The Labute approximate surface area is 168 Å². The van der Waals surface area contributed by atoms with Crippen molar-refractivity contribution in [1.29, 1.82) is 0 Å². The molecular weight excluding hydrogens is 392 g/mol. The van der Waals surface area contributed by atoms with E-state index in [0.717, 1.165) is 4.90 Å². The second-order valence-corrected chi connectivity index (χ2v) is 6.31. The van der Waals surface area contributed by atoms with Gasteiger partial charge in [0.25, 0.3) is 0 Å². The maximum absolute atomic E-state index is 12.4. The highest BCUT2D eigenvalue weighted by atomic mass is 16.4. The van der Waals surface area contributed by atoms with Gasteiger partial charge in [0, 0.05) is 32.6 Å². The molecule has 0 fully saturated rings. The number of aliphatic carboxylic acids is 1. The van der Waals surface area contributed by atoms with E-state index in [0.29, 0.717) is 0 Å². The lowest BCUT2D eigenvalue weighted by molar-refractivity contribution is -0.142. The normalized spacial score (nSPS) is 13.5. The van der Waals surface area contributed by atoms with Crippen LogP contribution in [0.15, 0.2) is 0 Å². The number of aliphatic hydroxyl groups is 5. The standard InChI is InChI=1S/C16H32N4O9/c17-12(24)9-18(3-6-21)14(26)11-20(5-8-23)15(27)10-19(4-7-22)13(25)1-2-16(28)29/h13,15,21-23,25,27H,1-11H2,(H2,17,24)(H,28,29). The maximum Gasteiger partial charge on any atom is 0.303 e. The third kappa shape index (κ3) is 11.7. The Morgan fingerprint density at radius 3 is 1.86 bits per heavy atom. The summed E-state index contributed by atoms with van der Waals surface area (Å²) in [6.07, 6.45) is -3.06. The van der Waals surface area contributed by atoms with Crippen molar-refractivity contribution in [2.45, 2.75) is 25.3 Å². The summed E-state index contributed by atoms with van der Waals surface area (Å²) in [5.74, 6) is -2.51. The number of amides is 2. The number of nitrogens with zero attached hydrogens (tertiary/aromatic N) is 3. The lowest BCUT2D eigenvalue weighted by Gasteiger charge is -2.34. The molecule has 0 aromatic carbocycles. The van der Waals surface area contributed by atoms with E-state index < -0.39 is 56.5 Å². The number of hydrogen-bond acceptors (Lipinski definition) is 10. The molecule has 0 rings (SSSR count). The number of carbonyl (C=O) groups excluding carboxylic acids is 2. The minimum atomic E-state index is -1.36. The van der Waals surface area contributed by atoms with Gasteiger partial charge in [-0.3, -0.25) is 24.2 Å². The van der Waals surface area contributed by atoms with Crippen LogP contribution >= 0.6 is 0 Å². The highest BCUT2D eigenvalue weighted by molar-refractivity contribution is 5.84. The first kappa shape index (κ1) is 27.1. The van der Waals surface area contributed by atoms with Crippen LogP contribution in [0.5, 0.6) is 0 Å². The minimum absolute atomic E-state index is 0.0585. The molecule has 29 heavy (non-hydrogen) atoms. The molecule has 0 heterocycles. The van der Waals surface area contributed by atoms with Crippen LogP contribution in [0.4, 0.5) is 0 Å². The van der Waals surface area contributed by atoms with Crippen LogP contribution in [-0.4, -0.2) is 135 Å². The van der Waals surface area contributed by atoms with Gasteiger partial charge in [-0.05, 0) is 6.42 Å². The van der Waals surface area contributed by atoms with Crippen LogP contribution in [0.1, 0.15) is 12.8 Å². The number of carbonyl (C=O) groups is 3. The quantitative estimate of drug-likeness (QED) is 0.110. The summed E-state index contributed by atoms with van der Waals surface area (Å²) in [5, 5.41) is 56.7. The average Bonchev–Trinajstić information content (AvgIpc) is 2.64. The van der Waals surface area contributed by atoms with Crippen molar-refractivity contribution < 1.29 is 45.0 Å². The molecule has 2 unspecified atom stereocenters. The Balaban J connectivity index is 5.09. The molecule has 0 aliphatic heterocycles. The van der Waals surface area contributed by atoms with Crippen molar-refractivity contribution >= 4 is 17.8 Å². The van der Waals surface area contributed by atoms with Gasteiger partial charge in [0.05, 0.1) is 32.9 Å². The lowest BCUT2D eigenvalue weighted by Crippen LogP contribution is -2.53. The van der Waals surface area contributed by atoms with E-state index in [1.165, 1.54) is 9.80 Å². The molecule has 0 aromatic heterocycles. The largest absolute Gasteiger partial charge is 0.481 e. The second kappa shape index (κ2) is 15.0. The van der Waals surface area contributed by atoms with Gasteiger partial charge in [-0.1, -0.05) is 0 Å². The fourth-order valence-corrected chi connectivity index (χ4v) is 2.59. The molecule has 13 nitrogen and oxygen atoms in total. The van der Waals surface area contributed by atoms with E-state index in [1.54, 1.807) is 0 Å². The van der Waals surface area contributed by atoms with E-state index >= 15 is 0 Å². The van der Waals surface area contributed by atoms with Crippen LogP contribution < -0.4 is 5.73 Å². The van der Waals surface area contributed by atoms with Gasteiger partial charge in [0.1, 0.15) is 12.5 Å². The van der Waals surface area contributed by atoms with E-state index in [9.17, 15) is 29.7 Å². The van der Waals surface area contributed by atoms with Gasteiger partial charge >= 0.3 is 5.97 Å². The number of rotatable bonds is 17. The molecule has 0 spiro atoms. The molecular formula is C16H32N4O9. The topological polar surface area (TPSA) is 208 Å². The van der Waals surface area contributed by atoms with Gasteiger partial charge in [0.2, 0.25) is 11.8 Å². The van der Waals surface area contributed by atoms with Crippen LogP contribution in [0.25, 0.3) is 0 Å². The number of carboxylic acids is 1. The molecule has 2 amide bonds. The summed E-state index contributed by atoms with van der Waals surface area (Å²) in [5.41, 5.74) is 5.08. The second-order valence-electron chi connectivity index (χ2n) is 6.31. The number of carboxylic acid groups (broad SMARTS) is 1. The molecule has 0 aliphatic rings. The maximum atomic E-state index is 12.4. The number of aliphatic hydroxyl groups excluding tert-OH is 5. The first-order valence-electron chi connectivity index (χ1n) is 9.10. The van der Waals surface area contributed by atoms with E-state index in [2.05, 4.69) is 0 Å². The molecule has 0 aliphatic carbocycles. The van der Waals surface area contributed by atoms with E-state index in [-0.39, 0.29) is 45.6 Å². The molecule has 0 bridgehead atoms. The van der Waals surface area contributed by atoms with Crippen LogP contribution in [0.3, 0.4) is 0 Å². The zero-order chi connectivity index (χ0) is 22.4. The molecule has 2 atom stereocenters. The minimum Gasteiger partial charge on any atom is -0.481 e. The van der Waals surface area contributed by atoms with Gasteiger partial charge < -0.3 is 41.3 Å². The van der Waals surface area contributed by atoms with Crippen molar-refractivity contribution in [2.24, 2.45) is 5.73 Å². The summed E-state index contributed by atoms with van der Waals surface area (Å²) < 4.78 is 0. The summed E-state index contributed by atoms with van der Waals surface area (Å²) in [6, 6.07) is 0. The monoisotopic (exact) mass is 424 g/mol. The van der Waals surface area contributed by atoms with Crippen molar-refractivity contribution in [3.63, 3.8) is 0 Å². The first-order valence-corrected chi connectivity index (χ1v) is 9.10. The van der Waals surface area contributed by atoms with Crippen LogP contribution in [0, 0.1) is 0 Å². The zero-order valence-corrected chi connectivity index (χ0v) is 16.3. The predicted molar refractivity (Wildman–Crippen MR) is 99.1 cm³/mol. The Hall–Kier alpha value is -1.87. The Morgan fingerprint density at radius 2 is 1.38 bits per heavy atom. The predicted octanol–water partition coefficient (Wildman–Crippen LogP) is -4.62. The molecule has 0 aromatic rings. The Kier molecular flexibility index (Phi) is 14.1. The molecule has 13 heteroatoms. The highest BCUT2D eigenvalue weighted by Crippen LogP contribution is 2.08. The fraction of sp³-hybridized carbons (Fsp3) is 0.812. The summed E-state index contributed by atoms with van der Waals surface area (Å²) in [4.78, 5) is 37.6. The zero-order valence-electron chi connectivity index (χ0n) is 16.3. The Morgan fingerprint density at radius 1 is 0.828 bits per heavy atom. The van der Waals surface area contributed by atoms with Gasteiger partial charge in [-0.25, -0.2) is 0 Å². The molecule has 0 radical (unpaired) electrons. The van der Waals surface area contributed by atoms with Gasteiger partial charge in [-0.2, -0.15) is 0 Å². The van der Waals surface area contributed by atoms with Crippen LogP contribution in [0.2, 0.25) is 0 Å². The average molecular weight is 424 g/mol. The number of nitrogens with two attached hydrogens (primary N) is 1. The Bertz CT molecular complexity index is 509. The SMILES string of the molecule is NC(=O)CN(CCO)C(=O)CN(CCO)C(O)CN(CCO)C(O)CCC(=O)O. The van der Waals surface area contributed by atoms with Gasteiger partial charge in [-0.15, -0.1) is 0 Å². The van der Waals surface area contributed by atoms with Gasteiger partial charge in [0.15, 0.2) is 0 Å². The third-order valence-electron chi connectivity index (χ3n) is 4.04. The van der Waals surface area contributed by atoms with Crippen molar-refractivity contribution in [1.82, 2.24) is 14.7 Å². The summed E-state index contributed by atoms with van der Waals surface area (Å²) >= 11 is 0. The van der Waals surface area contributed by atoms with Crippen LogP contribution in [-0.2, 0) is 14.4 Å². The molecule has 8 N–H and O–H groups in total. The third-order valence-corrected chi connectivity index (χ3v) is 4.04. The lowest BCUT2D eigenvalue weighted by atomic mass is 10.2.